The molecule has 0 aromatic rings. The summed E-state index contributed by atoms with van der Waals surface area (Å²) in [5.74, 6) is 0.155. The maximum atomic E-state index is 12.4. The summed E-state index contributed by atoms with van der Waals surface area (Å²) in [6.07, 6.45) is 3.10. The van der Waals surface area contributed by atoms with Crippen LogP contribution in [0, 0.1) is 5.41 Å². The first kappa shape index (κ1) is 19.7. The summed E-state index contributed by atoms with van der Waals surface area (Å²) >= 11 is 0. The molecular formula is C19H37N3O2. The van der Waals surface area contributed by atoms with Crippen LogP contribution in [0.5, 0.6) is 0 Å². The van der Waals surface area contributed by atoms with Gasteiger partial charge in [-0.05, 0) is 47.1 Å². The highest BCUT2D eigenvalue weighted by Gasteiger charge is 2.59. The van der Waals surface area contributed by atoms with Gasteiger partial charge < -0.3 is 15.0 Å². The van der Waals surface area contributed by atoms with E-state index in [0.717, 1.165) is 32.4 Å². The predicted molar refractivity (Wildman–Crippen MR) is 98.1 cm³/mol. The van der Waals surface area contributed by atoms with Crippen molar-refractivity contribution in [2.75, 3.05) is 33.8 Å². The van der Waals surface area contributed by atoms with Crippen LogP contribution in [-0.2, 0) is 9.53 Å². The van der Waals surface area contributed by atoms with E-state index in [2.05, 4.69) is 56.8 Å². The summed E-state index contributed by atoms with van der Waals surface area (Å²) < 4.78 is 5.69. The lowest BCUT2D eigenvalue weighted by molar-refractivity contribution is -0.205. The number of likely N-dealkylation sites (tertiary alicyclic amines) is 1. The standard InChI is InChI=1S/C19H37N3O2/c1-14(2)22-10-8-15(9-11-22)20-17(23)13-21(6)16-12-19(5,24-7)18(16,3)4/h14-16H,8-13H2,1-7H3,(H,20,23)/t16-,19+/m0/s1. The third kappa shape index (κ3) is 3.78. The van der Waals surface area contributed by atoms with Crippen LogP contribution in [0.4, 0.5) is 0 Å². The van der Waals surface area contributed by atoms with Crippen molar-refractivity contribution in [2.24, 2.45) is 5.41 Å². The minimum absolute atomic E-state index is 0.0549. The molecule has 1 saturated heterocycles. The molecule has 2 aliphatic rings. The van der Waals surface area contributed by atoms with E-state index in [1.807, 2.05) is 0 Å². The summed E-state index contributed by atoms with van der Waals surface area (Å²) in [6, 6.07) is 1.32. The first-order chi connectivity index (χ1) is 11.1. The highest BCUT2D eigenvalue weighted by Crippen LogP contribution is 2.53. The first-order valence-corrected chi connectivity index (χ1v) is 9.39. The van der Waals surface area contributed by atoms with E-state index in [4.69, 9.17) is 4.74 Å². The zero-order valence-electron chi connectivity index (χ0n) is 16.7. The number of rotatable bonds is 6. The number of amides is 1. The van der Waals surface area contributed by atoms with Crippen LogP contribution in [-0.4, -0.2) is 73.2 Å². The average molecular weight is 340 g/mol. The number of ether oxygens (including phenoxy) is 1. The van der Waals surface area contributed by atoms with Crippen molar-refractivity contribution >= 4 is 5.91 Å². The molecule has 140 valence electrons. The Morgan fingerprint density at radius 3 is 2.33 bits per heavy atom. The van der Waals surface area contributed by atoms with Crippen molar-refractivity contribution in [3.63, 3.8) is 0 Å². The second-order valence-corrected chi connectivity index (χ2v) is 8.76. The van der Waals surface area contributed by atoms with Crippen molar-refractivity contribution in [1.29, 1.82) is 0 Å². The Morgan fingerprint density at radius 2 is 1.88 bits per heavy atom. The number of methoxy groups -OCH3 is 1. The van der Waals surface area contributed by atoms with E-state index < -0.39 is 0 Å². The van der Waals surface area contributed by atoms with Crippen LogP contribution >= 0.6 is 0 Å². The molecule has 1 heterocycles. The first-order valence-electron chi connectivity index (χ1n) is 9.39. The fourth-order valence-corrected chi connectivity index (χ4v) is 4.33. The predicted octanol–water partition coefficient (Wildman–Crippen LogP) is 2.11. The van der Waals surface area contributed by atoms with Gasteiger partial charge in [-0.1, -0.05) is 13.8 Å². The molecule has 1 amide bonds. The zero-order chi connectivity index (χ0) is 18.1. The van der Waals surface area contributed by atoms with E-state index >= 15 is 0 Å². The largest absolute Gasteiger partial charge is 0.378 e. The molecule has 5 heteroatoms. The van der Waals surface area contributed by atoms with Gasteiger partial charge in [0.25, 0.3) is 0 Å². The van der Waals surface area contributed by atoms with Gasteiger partial charge in [0, 0.05) is 43.7 Å². The van der Waals surface area contributed by atoms with Crippen molar-refractivity contribution in [3.05, 3.63) is 0 Å². The molecular weight excluding hydrogens is 302 g/mol. The van der Waals surface area contributed by atoms with Gasteiger partial charge in [-0.15, -0.1) is 0 Å². The van der Waals surface area contributed by atoms with Crippen molar-refractivity contribution in [2.45, 2.75) is 77.6 Å². The minimum Gasteiger partial charge on any atom is -0.378 e. The molecule has 0 bridgehead atoms. The minimum atomic E-state index is -0.0912. The number of piperidine rings is 1. The second kappa shape index (κ2) is 7.30. The number of hydrogen-bond donors (Lipinski definition) is 1. The molecule has 0 spiro atoms. The van der Waals surface area contributed by atoms with E-state index in [1.54, 1.807) is 7.11 Å². The van der Waals surface area contributed by atoms with Crippen molar-refractivity contribution < 1.29 is 9.53 Å². The highest BCUT2D eigenvalue weighted by atomic mass is 16.5. The number of nitrogens with one attached hydrogen (secondary N) is 1. The third-order valence-corrected chi connectivity index (χ3v) is 6.78. The lowest BCUT2D eigenvalue weighted by Gasteiger charge is -2.61. The van der Waals surface area contributed by atoms with Gasteiger partial charge >= 0.3 is 0 Å². The normalized spacial score (nSPS) is 31.3. The van der Waals surface area contributed by atoms with Crippen molar-refractivity contribution in [1.82, 2.24) is 15.1 Å². The zero-order valence-corrected chi connectivity index (χ0v) is 16.7. The molecule has 0 aromatic carbocycles. The van der Waals surface area contributed by atoms with E-state index in [0.29, 0.717) is 24.7 Å². The number of likely N-dealkylation sites (N-methyl/N-ethyl adjacent to an activating group) is 1. The number of carbonyl (C=O) groups is 1. The van der Waals surface area contributed by atoms with Crippen molar-refractivity contribution in [3.8, 4) is 0 Å². The monoisotopic (exact) mass is 339 g/mol. The smallest absolute Gasteiger partial charge is 0.234 e. The van der Waals surface area contributed by atoms with Crippen LogP contribution in [0.3, 0.4) is 0 Å². The van der Waals surface area contributed by atoms with Crippen LogP contribution < -0.4 is 5.32 Å². The lowest BCUT2D eigenvalue weighted by Crippen LogP contribution is -2.68. The SMILES string of the molecule is CO[C@]1(C)C[C@H](N(C)CC(=O)NC2CCN(C(C)C)CC2)C1(C)C. The summed E-state index contributed by atoms with van der Waals surface area (Å²) in [6.45, 7) is 13.8. The van der Waals surface area contributed by atoms with Gasteiger partial charge in [-0.3, -0.25) is 9.69 Å². The van der Waals surface area contributed by atoms with Gasteiger partial charge in [0.2, 0.25) is 5.91 Å². The van der Waals surface area contributed by atoms with E-state index in [9.17, 15) is 4.79 Å². The highest BCUT2D eigenvalue weighted by molar-refractivity contribution is 5.78. The van der Waals surface area contributed by atoms with Crippen LogP contribution in [0.2, 0.25) is 0 Å². The second-order valence-electron chi connectivity index (χ2n) is 8.76. The Bertz CT molecular complexity index is 444. The fourth-order valence-electron chi connectivity index (χ4n) is 4.33. The maximum Gasteiger partial charge on any atom is 0.234 e. The Labute approximate surface area is 148 Å². The lowest BCUT2D eigenvalue weighted by atomic mass is 9.55. The molecule has 1 N–H and O–H groups in total. The van der Waals surface area contributed by atoms with Crippen LogP contribution in [0.15, 0.2) is 0 Å². The fraction of sp³-hybridized carbons (Fsp3) is 0.947. The molecule has 2 fully saturated rings. The third-order valence-electron chi connectivity index (χ3n) is 6.78. The Kier molecular flexibility index (Phi) is 5.99. The van der Waals surface area contributed by atoms with Gasteiger partial charge in [-0.25, -0.2) is 0 Å². The van der Waals surface area contributed by atoms with E-state index in [1.165, 1.54) is 0 Å². The molecule has 0 unspecified atom stereocenters. The summed E-state index contributed by atoms with van der Waals surface area (Å²) in [5.41, 5.74) is -0.0362. The Morgan fingerprint density at radius 1 is 1.29 bits per heavy atom. The molecule has 1 aliphatic heterocycles. The molecule has 0 aromatic heterocycles. The molecule has 24 heavy (non-hydrogen) atoms. The van der Waals surface area contributed by atoms with Gasteiger partial charge in [0.05, 0.1) is 12.1 Å². The van der Waals surface area contributed by atoms with Crippen LogP contribution in [0.1, 0.15) is 53.9 Å². The number of nitrogens with zero attached hydrogens (tertiary/aromatic N) is 2. The summed E-state index contributed by atoms with van der Waals surface area (Å²) in [4.78, 5) is 17.1. The summed E-state index contributed by atoms with van der Waals surface area (Å²) in [7, 11) is 3.84. The number of carbonyl (C=O) groups excluding carboxylic acids is 1. The molecule has 0 radical (unpaired) electrons. The quantitative estimate of drug-likeness (QED) is 0.805. The summed E-state index contributed by atoms with van der Waals surface area (Å²) in [5, 5.41) is 3.24. The molecule has 1 saturated carbocycles. The van der Waals surface area contributed by atoms with Gasteiger partial charge in [0.1, 0.15) is 0 Å². The molecule has 5 nitrogen and oxygen atoms in total. The average Bonchev–Trinajstić information content (AvgIpc) is 2.52. The topological polar surface area (TPSA) is 44.8 Å². The molecule has 2 atom stereocenters. The van der Waals surface area contributed by atoms with E-state index in [-0.39, 0.29) is 16.9 Å². The maximum absolute atomic E-state index is 12.4. The van der Waals surface area contributed by atoms with Gasteiger partial charge in [-0.2, -0.15) is 0 Å². The van der Waals surface area contributed by atoms with Gasteiger partial charge in [0.15, 0.2) is 0 Å². The molecule has 2 rings (SSSR count). The van der Waals surface area contributed by atoms with Crippen LogP contribution in [0.25, 0.3) is 0 Å². The Balaban J connectivity index is 1.77. The number of hydrogen-bond acceptors (Lipinski definition) is 4. The molecule has 1 aliphatic carbocycles. The Hall–Kier alpha value is -0.650.